The average molecular weight is 540 g/mol. The van der Waals surface area contributed by atoms with Crippen LogP contribution in [0.4, 0.5) is 0 Å². The van der Waals surface area contributed by atoms with Crippen molar-refractivity contribution in [2.75, 3.05) is 8.86 Å². The molecule has 3 unspecified atom stereocenters. The van der Waals surface area contributed by atoms with Gasteiger partial charge in [0.15, 0.2) is 0 Å². The Balaban J connectivity index is 2.25. The van der Waals surface area contributed by atoms with E-state index in [0.29, 0.717) is 10.8 Å². The fraction of sp³-hybridized carbons (Fsp3) is 0.810. The maximum absolute atomic E-state index is 2.62. The van der Waals surface area contributed by atoms with Crippen LogP contribution >= 0.6 is 45.2 Å². The van der Waals surface area contributed by atoms with Gasteiger partial charge < -0.3 is 0 Å². The van der Waals surface area contributed by atoms with Gasteiger partial charge in [-0.3, -0.25) is 0 Å². The van der Waals surface area contributed by atoms with E-state index in [4.69, 9.17) is 0 Å². The normalized spacial score (nSPS) is 34.5. The monoisotopic (exact) mass is 540 g/mol. The minimum absolute atomic E-state index is 0.428. The Morgan fingerprint density at radius 1 is 1.13 bits per heavy atom. The lowest BCUT2D eigenvalue weighted by Gasteiger charge is -2.46. The second kappa shape index (κ2) is 8.09. The minimum Gasteiger partial charge on any atom is -0.0860 e. The summed E-state index contributed by atoms with van der Waals surface area (Å²) < 4.78 is 2.54. The molecule has 0 saturated carbocycles. The molecule has 0 bridgehead atoms. The first kappa shape index (κ1) is 20.3. The van der Waals surface area contributed by atoms with Crippen molar-refractivity contribution in [1.29, 1.82) is 0 Å². The largest absolute Gasteiger partial charge is 0.0860 e. The Morgan fingerprint density at radius 3 is 2.43 bits per heavy atom. The zero-order valence-corrected chi connectivity index (χ0v) is 20.0. The smallest absolute Gasteiger partial charge is 0.00661 e. The predicted octanol–water partition coefficient (Wildman–Crippen LogP) is 7.75. The van der Waals surface area contributed by atoms with Crippen molar-refractivity contribution in [2.45, 2.75) is 73.1 Å². The van der Waals surface area contributed by atoms with Gasteiger partial charge >= 0.3 is 0 Å². The molecule has 0 radical (unpaired) electrons. The summed E-state index contributed by atoms with van der Waals surface area (Å²) in [7, 11) is 0. The van der Waals surface area contributed by atoms with Crippen LogP contribution in [0, 0.1) is 22.7 Å². The number of rotatable bonds is 5. The van der Waals surface area contributed by atoms with E-state index in [0.717, 1.165) is 11.8 Å². The van der Waals surface area contributed by atoms with E-state index >= 15 is 0 Å². The summed E-state index contributed by atoms with van der Waals surface area (Å²) in [5.74, 6) is 1.61. The Hall–Kier alpha value is 0.940. The molecule has 0 saturated heterocycles. The Morgan fingerprint density at radius 2 is 1.83 bits per heavy atom. The zero-order chi connectivity index (χ0) is 17.3. The standard InChI is InChI=1S/C21H34I2/c1-15-7-6-10-21(5,19(15)14-23)13-17-8-11-20(3,4)18(9-12-22)16(17)2/h7,17,19H,6,8-14H2,1-5H3. The summed E-state index contributed by atoms with van der Waals surface area (Å²) >= 11 is 5.17. The van der Waals surface area contributed by atoms with Crippen molar-refractivity contribution in [3.05, 3.63) is 22.8 Å². The van der Waals surface area contributed by atoms with Crippen LogP contribution in [0.5, 0.6) is 0 Å². The van der Waals surface area contributed by atoms with E-state index in [9.17, 15) is 0 Å². The SMILES string of the molecule is CC1=CCCC(C)(CC2CCC(C)(C)C(CCI)=C2C)C1CI. The van der Waals surface area contributed by atoms with Crippen molar-refractivity contribution in [1.82, 2.24) is 0 Å². The van der Waals surface area contributed by atoms with Gasteiger partial charge in [0.1, 0.15) is 0 Å². The number of allylic oxidation sites excluding steroid dienone is 4. The second-order valence-corrected chi connectivity index (χ2v) is 10.7. The highest BCUT2D eigenvalue weighted by Gasteiger charge is 2.41. The molecule has 0 nitrogen and oxygen atoms in total. The Labute approximate surface area is 171 Å². The summed E-state index contributed by atoms with van der Waals surface area (Å²) in [6.07, 6.45) is 10.6. The maximum atomic E-state index is 2.62. The lowest BCUT2D eigenvalue weighted by molar-refractivity contribution is 0.148. The first-order valence-electron chi connectivity index (χ1n) is 9.24. The molecule has 0 aromatic heterocycles. The molecule has 3 atom stereocenters. The van der Waals surface area contributed by atoms with Gasteiger partial charge in [-0.15, -0.1) is 0 Å². The third kappa shape index (κ3) is 4.38. The van der Waals surface area contributed by atoms with Crippen LogP contribution < -0.4 is 0 Å². The summed E-state index contributed by atoms with van der Waals surface area (Å²) in [5.41, 5.74) is 6.11. The van der Waals surface area contributed by atoms with Gasteiger partial charge in [-0.25, -0.2) is 0 Å². The van der Waals surface area contributed by atoms with Crippen LogP contribution in [0.25, 0.3) is 0 Å². The summed E-state index contributed by atoms with van der Waals surface area (Å²) in [6, 6.07) is 0. The lowest BCUT2D eigenvalue weighted by Crippen LogP contribution is -2.36. The van der Waals surface area contributed by atoms with E-state index in [1.54, 1.807) is 16.7 Å². The maximum Gasteiger partial charge on any atom is 0.00661 e. The molecule has 2 aliphatic rings. The topological polar surface area (TPSA) is 0 Å². The molecule has 0 amide bonds. The summed E-state index contributed by atoms with van der Waals surface area (Å²) in [5, 5.41) is 0. The van der Waals surface area contributed by atoms with Crippen LogP contribution in [0.2, 0.25) is 0 Å². The highest BCUT2D eigenvalue weighted by Crippen LogP contribution is 2.52. The van der Waals surface area contributed by atoms with E-state index < -0.39 is 0 Å². The van der Waals surface area contributed by atoms with Crippen LogP contribution in [-0.4, -0.2) is 8.86 Å². The van der Waals surface area contributed by atoms with Crippen molar-refractivity contribution in [3.63, 3.8) is 0 Å². The summed E-state index contributed by atoms with van der Waals surface area (Å²) in [4.78, 5) is 0. The molecule has 2 aliphatic carbocycles. The molecule has 0 heterocycles. The molecule has 2 heteroatoms. The van der Waals surface area contributed by atoms with E-state index in [1.807, 2.05) is 0 Å². The molecule has 0 aromatic carbocycles. The number of hydrogen-bond acceptors (Lipinski definition) is 0. The van der Waals surface area contributed by atoms with Crippen LogP contribution in [0.3, 0.4) is 0 Å². The third-order valence-electron chi connectivity index (χ3n) is 6.81. The zero-order valence-electron chi connectivity index (χ0n) is 15.6. The molecular weight excluding hydrogens is 506 g/mol. The molecule has 0 aliphatic heterocycles. The fourth-order valence-corrected chi connectivity index (χ4v) is 7.48. The third-order valence-corrected chi connectivity index (χ3v) is 8.23. The Bertz CT molecular complexity index is 486. The molecule has 132 valence electrons. The van der Waals surface area contributed by atoms with Crippen molar-refractivity contribution in [2.24, 2.45) is 22.7 Å². The van der Waals surface area contributed by atoms with Gasteiger partial charge in [0.05, 0.1) is 0 Å². The van der Waals surface area contributed by atoms with Crippen molar-refractivity contribution < 1.29 is 0 Å². The van der Waals surface area contributed by atoms with Crippen LogP contribution in [0.15, 0.2) is 22.8 Å². The van der Waals surface area contributed by atoms with Gasteiger partial charge in [0.25, 0.3) is 0 Å². The quantitative estimate of drug-likeness (QED) is 0.190. The Kier molecular flexibility index (Phi) is 7.13. The molecular formula is C21H34I2. The fourth-order valence-electron chi connectivity index (χ4n) is 5.18. The van der Waals surface area contributed by atoms with Gasteiger partial charge in [-0.2, -0.15) is 0 Å². The number of alkyl halides is 2. The van der Waals surface area contributed by atoms with E-state index in [2.05, 4.69) is 85.9 Å². The molecule has 2 rings (SSSR count). The van der Waals surface area contributed by atoms with E-state index in [1.165, 1.54) is 47.4 Å². The number of hydrogen-bond donors (Lipinski definition) is 0. The van der Waals surface area contributed by atoms with Crippen molar-refractivity contribution >= 4 is 45.2 Å². The predicted molar refractivity (Wildman–Crippen MR) is 121 cm³/mol. The van der Waals surface area contributed by atoms with Crippen LogP contribution in [0.1, 0.15) is 73.1 Å². The van der Waals surface area contributed by atoms with Gasteiger partial charge in [-0.1, -0.05) is 88.7 Å². The van der Waals surface area contributed by atoms with Gasteiger partial charge in [0, 0.05) is 8.86 Å². The van der Waals surface area contributed by atoms with Gasteiger partial charge in [-0.05, 0) is 75.0 Å². The summed E-state index contributed by atoms with van der Waals surface area (Å²) in [6.45, 7) is 12.3. The van der Waals surface area contributed by atoms with Gasteiger partial charge in [0.2, 0.25) is 0 Å². The highest BCUT2D eigenvalue weighted by molar-refractivity contribution is 14.1. The van der Waals surface area contributed by atoms with Crippen molar-refractivity contribution in [3.8, 4) is 0 Å². The second-order valence-electron chi connectivity index (χ2n) is 8.77. The highest BCUT2D eigenvalue weighted by atomic mass is 127. The lowest BCUT2D eigenvalue weighted by atomic mass is 9.60. The van der Waals surface area contributed by atoms with E-state index in [-0.39, 0.29) is 0 Å². The molecule has 0 spiro atoms. The number of halogens is 2. The molecule has 23 heavy (non-hydrogen) atoms. The average Bonchev–Trinajstić information content (AvgIpc) is 2.47. The molecule has 0 N–H and O–H groups in total. The first-order valence-corrected chi connectivity index (χ1v) is 12.3. The molecule has 0 aromatic rings. The minimum atomic E-state index is 0.428. The first-order chi connectivity index (χ1) is 10.7. The van der Waals surface area contributed by atoms with Crippen LogP contribution in [-0.2, 0) is 0 Å². The molecule has 0 fully saturated rings.